The number of rotatable bonds is 4. The van der Waals surface area contributed by atoms with Gasteiger partial charge in [0.2, 0.25) is 5.91 Å². The lowest BCUT2D eigenvalue weighted by Gasteiger charge is -2.29. The number of carboxylic acid groups (broad SMARTS) is 1. The standard InChI is InChI=1S/C11H13N3O4S/c1-13-8(15)3-2-7(10(13)18)14-5-4-12-11(14)19-6-9(16)17/h4-5,7H,2-3,6H2,1H3,(H,16,17). The highest BCUT2D eigenvalue weighted by atomic mass is 32.2. The van der Waals surface area contributed by atoms with Crippen LogP contribution in [0.5, 0.6) is 0 Å². The monoisotopic (exact) mass is 283 g/mol. The molecule has 2 rings (SSSR count). The molecule has 102 valence electrons. The molecular formula is C11H13N3O4S. The number of aliphatic carboxylic acids is 1. The third kappa shape index (κ3) is 2.78. The van der Waals surface area contributed by atoms with E-state index in [0.29, 0.717) is 18.0 Å². The van der Waals surface area contributed by atoms with Crippen molar-refractivity contribution in [2.75, 3.05) is 12.8 Å². The van der Waals surface area contributed by atoms with Crippen molar-refractivity contribution in [1.29, 1.82) is 0 Å². The van der Waals surface area contributed by atoms with Crippen LogP contribution >= 0.6 is 11.8 Å². The first kappa shape index (κ1) is 13.6. The summed E-state index contributed by atoms with van der Waals surface area (Å²) in [5, 5.41) is 9.14. The molecule has 0 radical (unpaired) electrons. The number of imide groups is 1. The van der Waals surface area contributed by atoms with Gasteiger partial charge >= 0.3 is 5.97 Å². The molecule has 7 nitrogen and oxygen atoms in total. The third-order valence-electron chi connectivity index (χ3n) is 2.92. The molecule has 1 unspecified atom stereocenters. The zero-order valence-electron chi connectivity index (χ0n) is 10.3. The van der Waals surface area contributed by atoms with Crippen LogP contribution in [0.2, 0.25) is 0 Å². The fourth-order valence-corrected chi connectivity index (χ4v) is 2.66. The van der Waals surface area contributed by atoms with E-state index in [1.807, 2.05) is 0 Å². The van der Waals surface area contributed by atoms with Crippen molar-refractivity contribution in [2.24, 2.45) is 0 Å². The molecule has 0 bridgehead atoms. The number of hydrogen-bond acceptors (Lipinski definition) is 5. The summed E-state index contributed by atoms with van der Waals surface area (Å²) in [4.78, 5) is 39.2. The van der Waals surface area contributed by atoms with Gasteiger partial charge in [-0.05, 0) is 6.42 Å². The van der Waals surface area contributed by atoms with Gasteiger partial charge in [-0.15, -0.1) is 0 Å². The fourth-order valence-electron chi connectivity index (χ4n) is 1.93. The average Bonchev–Trinajstić information content (AvgIpc) is 2.82. The van der Waals surface area contributed by atoms with Crippen molar-refractivity contribution in [2.45, 2.75) is 24.0 Å². The Bertz CT molecular complexity index is 528. The predicted molar refractivity (Wildman–Crippen MR) is 66.6 cm³/mol. The highest BCUT2D eigenvalue weighted by Gasteiger charge is 2.33. The molecule has 1 aliphatic rings. The fraction of sp³-hybridized carbons (Fsp3) is 0.455. The van der Waals surface area contributed by atoms with Crippen LogP contribution < -0.4 is 0 Å². The minimum atomic E-state index is -0.943. The maximum absolute atomic E-state index is 12.1. The number of likely N-dealkylation sites (tertiary alicyclic amines) is 1. The van der Waals surface area contributed by atoms with Gasteiger partial charge < -0.3 is 9.67 Å². The zero-order chi connectivity index (χ0) is 14.0. The van der Waals surface area contributed by atoms with E-state index >= 15 is 0 Å². The zero-order valence-corrected chi connectivity index (χ0v) is 11.1. The van der Waals surface area contributed by atoms with Gasteiger partial charge in [0.1, 0.15) is 6.04 Å². The van der Waals surface area contributed by atoms with Crippen LogP contribution in [0.3, 0.4) is 0 Å². The smallest absolute Gasteiger partial charge is 0.313 e. The lowest BCUT2D eigenvalue weighted by atomic mass is 10.0. The van der Waals surface area contributed by atoms with Crippen molar-refractivity contribution in [1.82, 2.24) is 14.5 Å². The molecule has 1 aromatic heterocycles. The summed E-state index contributed by atoms with van der Waals surface area (Å²) in [7, 11) is 1.46. The largest absolute Gasteiger partial charge is 0.481 e. The van der Waals surface area contributed by atoms with E-state index in [-0.39, 0.29) is 17.6 Å². The van der Waals surface area contributed by atoms with Gasteiger partial charge in [0.15, 0.2) is 5.16 Å². The highest BCUT2D eigenvalue weighted by Crippen LogP contribution is 2.27. The highest BCUT2D eigenvalue weighted by molar-refractivity contribution is 7.99. The molecular weight excluding hydrogens is 270 g/mol. The molecule has 1 atom stereocenters. The summed E-state index contributed by atoms with van der Waals surface area (Å²) in [5.41, 5.74) is 0. The van der Waals surface area contributed by atoms with Crippen LogP contribution in [0.4, 0.5) is 0 Å². The molecule has 8 heteroatoms. The molecule has 1 aliphatic heterocycles. The molecule has 1 saturated heterocycles. The molecule has 1 aromatic rings. The first-order valence-corrected chi connectivity index (χ1v) is 6.67. The second kappa shape index (κ2) is 5.43. The van der Waals surface area contributed by atoms with Gasteiger partial charge in [0, 0.05) is 25.9 Å². The van der Waals surface area contributed by atoms with Crippen LogP contribution in [-0.4, -0.2) is 50.1 Å². The van der Waals surface area contributed by atoms with Gasteiger partial charge in [-0.3, -0.25) is 19.3 Å². The van der Waals surface area contributed by atoms with E-state index in [1.165, 1.54) is 13.2 Å². The Morgan fingerprint density at radius 2 is 2.32 bits per heavy atom. The second-order valence-corrected chi connectivity index (χ2v) is 5.09. The lowest BCUT2D eigenvalue weighted by molar-refractivity contribution is -0.149. The SMILES string of the molecule is CN1C(=O)CCC(n2ccnc2SCC(=O)O)C1=O. The van der Waals surface area contributed by atoms with E-state index in [2.05, 4.69) is 4.98 Å². The molecule has 0 aliphatic carbocycles. The number of likely N-dealkylation sites (N-methyl/N-ethyl adjacent to an activating group) is 1. The minimum Gasteiger partial charge on any atom is -0.481 e. The molecule has 0 saturated carbocycles. The number of carbonyl (C=O) groups excluding carboxylic acids is 2. The second-order valence-electron chi connectivity index (χ2n) is 4.14. The number of aromatic nitrogens is 2. The molecule has 2 heterocycles. The average molecular weight is 283 g/mol. The Kier molecular flexibility index (Phi) is 3.89. The van der Waals surface area contributed by atoms with Crippen molar-refractivity contribution in [3.05, 3.63) is 12.4 Å². The van der Waals surface area contributed by atoms with E-state index < -0.39 is 12.0 Å². The number of hydrogen-bond donors (Lipinski definition) is 1. The van der Waals surface area contributed by atoms with Gasteiger partial charge in [-0.2, -0.15) is 0 Å². The Labute approximate surface area is 113 Å². The van der Waals surface area contributed by atoms with Crippen molar-refractivity contribution in [3.63, 3.8) is 0 Å². The van der Waals surface area contributed by atoms with E-state index in [1.54, 1.807) is 10.8 Å². The predicted octanol–water partition coefficient (Wildman–Crippen LogP) is 0.380. The Morgan fingerprint density at radius 1 is 1.58 bits per heavy atom. The normalized spacial score (nSPS) is 19.8. The molecule has 0 aromatic carbocycles. The maximum Gasteiger partial charge on any atom is 0.313 e. The minimum absolute atomic E-state index is 0.118. The summed E-state index contributed by atoms with van der Waals surface area (Å²) in [6, 6.07) is -0.485. The maximum atomic E-state index is 12.1. The summed E-state index contributed by atoms with van der Waals surface area (Å²) in [5.74, 6) is -1.54. The van der Waals surface area contributed by atoms with Gasteiger partial charge in [-0.25, -0.2) is 4.98 Å². The van der Waals surface area contributed by atoms with E-state index in [4.69, 9.17) is 5.11 Å². The van der Waals surface area contributed by atoms with Crippen LogP contribution in [0.1, 0.15) is 18.9 Å². The van der Waals surface area contributed by atoms with E-state index in [0.717, 1.165) is 16.7 Å². The number of imidazole rings is 1. The number of nitrogens with zero attached hydrogens (tertiary/aromatic N) is 3. The molecule has 0 spiro atoms. The lowest BCUT2D eigenvalue weighted by Crippen LogP contribution is -2.43. The van der Waals surface area contributed by atoms with E-state index in [9.17, 15) is 14.4 Å². The van der Waals surface area contributed by atoms with Crippen LogP contribution in [0.15, 0.2) is 17.6 Å². The first-order chi connectivity index (χ1) is 9.00. The number of piperidine rings is 1. The summed E-state index contributed by atoms with van der Waals surface area (Å²) in [6.45, 7) is 0. The number of thioether (sulfide) groups is 1. The number of amides is 2. The van der Waals surface area contributed by atoms with Gasteiger partial charge in [0.25, 0.3) is 5.91 Å². The van der Waals surface area contributed by atoms with Crippen LogP contribution in [0.25, 0.3) is 0 Å². The molecule has 1 fully saturated rings. The topological polar surface area (TPSA) is 92.5 Å². The van der Waals surface area contributed by atoms with Crippen LogP contribution in [0, 0.1) is 0 Å². The third-order valence-corrected chi connectivity index (χ3v) is 3.88. The van der Waals surface area contributed by atoms with Gasteiger partial charge in [0.05, 0.1) is 5.75 Å². The van der Waals surface area contributed by atoms with Crippen molar-refractivity contribution in [3.8, 4) is 0 Å². The number of carboxylic acids is 1. The Hall–Kier alpha value is -1.83. The quantitative estimate of drug-likeness (QED) is 0.634. The van der Waals surface area contributed by atoms with Crippen molar-refractivity contribution < 1.29 is 19.5 Å². The summed E-state index contributed by atoms with van der Waals surface area (Å²) in [6.07, 6.45) is 3.87. The summed E-state index contributed by atoms with van der Waals surface area (Å²) >= 11 is 1.06. The number of carbonyl (C=O) groups is 3. The summed E-state index contributed by atoms with van der Waals surface area (Å²) < 4.78 is 1.64. The Morgan fingerprint density at radius 3 is 3.00 bits per heavy atom. The van der Waals surface area contributed by atoms with Gasteiger partial charge in [-0.1, -0.05) is 11.8 Å². The Balaban J connectivity index is 2.18. The van der Waals surface area contributed by atoms with Crippen molar-refractivity contribution >= 4 is 29.5 Å². The first-order valence-electron chi connectivity index (χ1n) is 5.68. The molecule has 1 N–H and O–H groups in total. The van der Waals surface area contributed by atoms with Crippen LogP contribution in [-0.2, 0) is 14.4 Å². The molecule has 19 heavy (non-hydrogen) atoms. The molecule has 2 amide bonds.